The highest BCUT2D eigenvalue weighted by Gasteiger charge is 2.31. The lowest BCUT2D eigenvalue weighted by Gasteiger charge is -2.31. The van der Waals surface area contributed by atoms with Crippen molar-refractivity contribution in [1.82, 2.24) is 0 Å². The summed E-state index contributed by atoms with van der Waals surface area (Å²) in [7, 11) is 0. The molecule has 0 amide bonds. The second kappa shape index (κ2) is 12.4. The number of ether oxygens (including phenoxy) is 1. The highest BCUT2D eigenvalue weighted by molar-refractivity contribution is 5.40. The largest absolute Gasteiger partial charge is 0.573 e. The highest BCUT2D eigenvalue weighted by atomic mass is 19.4. The van der Waals surface area contributed by atoms with Crippen molar-refractivity contribution in [2.45, 2.75) is 90.3 Å². The Morgan fingerprint density at radius 3 is 1.91 bits per heavy atom. The zero-order chi connectivity index (χ0) is 22.8. The number of allylic oxidation sites excluding steroid dienone is 2. The molecule has 0 atom stereocenters. The minimum absolute atomic E-state index is 0.223. The van der Waals surface area contributed by atoms with Gasteiger partial charge in [0, 0.05) is 5.56 Å². The third-order valence-electron chi connectivity index (χ3n) is 7.29. The van der Waals surface area contributed by atoms with Gasteiger partial charge in [0.2, 0.25) is 0 Å². The summed E-state index contributed by atoms with van der Waals surface area (Å²) in [5, 5.41) is 0. The lowest BCUT2D eigenvalue weighted by atomic mass is 9.75. The van der Waals surface area contributed by atoms with Gasteiger partial charge in [0.25, 0.3) is 0 Å². The van der Waals surface area contributed by atoms with Crippen molar-refractivity contribution in [3.8, 4) is 17.6 Å². The number of hydrogen-bond acceptors (Lipinski definition) is 1. The van der Waals surface area contributed by atoms with Crippen LogP contribution in [0.5, 0.6) is 5.75 Å². The Balaban J connectivity index is 1.32. The van der Waals surface area contributed by atoms with Gasteiger partial charge in [-0.15, -0.1) is 13.2 Å². The highest BCUT2D eigenvalue weighted by Crippen LogP contribution is 2.37. The molecule has 0 aromatic heterocycles. The number of rotatable bonds is 7. The first-order valence-electron chi connectivity index (χ1n) is 12.4. The van der Waals surface area contributed by atoms with E-state index in [0.717, 1.165) is 17.8 Å². The molecule has 32 heavy (non-hydrogen) atoms. The summed E-state index contributed by atoms with van der Waals surface area (Å²) in [6.45, 7) is 2.31. The van der Waals surface area contributed by atoms with Crippen molar-refractivity contribution < 1.29 is 17.9 Å². The summed E-state index contributed by atoms with van der Waals surface area (Å²) in [6.07, 6.45) is 16.0. The first-order valence-corrected chi connectivity index (χ1v) is 12.4. The summed E-state index contributed by atoms with van der Waals surface area (Å²) in [5.41, 5.74) is 0.677. The molecule has 0 unspecified atom stereocenters. The Labute approximate surface area is 191 Å². The molecule has 3 rings (SSSR count). The van der Waals surface area contributed by atoms with Gasteiger partial charge in [-0.05, 0) is 79.7 Å². The Bertz CT molecular complexity index is 753. The number of halogens is 3. The van der Waals surface area contributed by atoms with Crippen molar-refractivity contribution in [3.63, 3.8) is 0 Å². The van der Waals surface area contributed by atoms with Crippen molar-refractivity contribution in [2.24, 2.45) is 23.7 Å². The fraction of sp³-hybridized carbons (Fsp3) is 0.643. The van der Waals surface area contributed by atoms with Gasteiger partial charge in [-0.1, -0.05) is 76.2 Å². The molecule has 2 aliphatic carbocycles. The topological polar surface area (TPSA) is 9.23 Å². The predicted octanol–water partition coefficient (Wildman–Crippen LogP) is 8.69. The predicted molar refractivity (Wildman–Crippen MR) is 124 cm³/mol. The maximum absolute atomic E-state index is 12.2. The zero-order valence-corrected chi connectivity index (χ0v) is 19.3. The molecular weight excluding hydrogens is 409 g/mol. The summed E-state index contributed by atoms with van der Waals surface area (Å²) in [4.78, 5) is 0. The molecule has 0 bridgehead atoms. The van der Waals surface area contributed by atoms with Crippen molar-refractivity contribution >= 4 is 0 Å². The Hall–Kier alpha value is -1.89. The third-order valence-corrected chi connectivity index (χ3v) is 7.29. The number of hydrogen-bond donors (Lipinski definition) is 0. The zero-order valence-electron chi connectivity index (χ0n) is 19.3. The van der Waals surface area contributed by atoms with E-state index in [1.807, 2.05) is 6.08 Å². The van der Waals surface area contributed by atoms with Gasteiger partial charge >= 0.3 is 6.36 Å². The normalized spacial score (nSPS) is 26.5. The molecule has 1 aromatic carbocycles. The van der Waals surface area contributed by atoms with E-state index in [4.69, 9.17) is 0 Å². The van der Waals surface area contributed by atoms with Crippen molar-refractivity contribution in [3.05, 3.63) is 42.0 Å². The minimum Gasteiger partial charge on any atom is -0.406 e. The molecule has 0 aliphatic heterocycles. The summed E-state index contributed by atoms with van der Waals surface area (Å²) in [5.74, 6) is 9.25. The van der Waals surface area contributed by atoms with Gasteiger partial charge in [-0.25, -0.2) is 0 Å². The van der Waals surface area contributed by atoms with Crippen molar-refractivity contribution in [1.29, 1.82) is 0 Å². The molecule has 0 heterocycles. The molecule has 2 saturated carbocycles. The minimum atomic E-state index is -4.66. The Kier molecular flexibility index (Phi) is 9.57. The van der Waals surface area contributed by atoms with E-state index in [1.54, 1.807) is 12.1 Å². The van der Waals surface area contributed by atoms with Gasteiger partial charge in [0.15, 0.2) is 0 Å². The Morgan fingerprint density at radius 2 is 1.38 bits per heavy atom. The van der Waals surface area contributed by atoms with Crippen LogP contribution in [0.25, 0.3) is 0 Å². The molecule has 0 radical (unpaired) electrons. The van der Waals surface area contributed by atoms with E-state index in [9.17, 15) is 13.2 Å². The van der Waals surface area contributed by atoms with E-state index < -0.39 is 6.36 Å². The van der Waals surface area contributed by atoms with Gasteiger partial charge < -0.3 is 4.74 Å². The standard InChI is InChI=1S/C28H37F3O/c1-2-5-22-8-12-25(13-9-22)16-17-26-14-10-23(11-15-26)6-3-4-7-24-18-20-27(21-19-24)32-28(29,30)31/h3,6,18-23,25-26H,2,5,8-17H2,1H3/b6-3+. The number of benzene rings is 1. The lowest BCUT2D eigenvalue weighted by Crippen LogP contribution is -2.17. The van der Waals surface area contributed by atoms with Crippen LogP contribution in [0.2, 0.25) is 0 Å². The van der Waals surface area contributed by atoms with Crippen LogP contribution >= 0.6 is 0 Å². The average Bonchev–Trinajstić information content (AvgIpc) is 2.77. The SMILES string of the molecule is CCCC1CCC(CCC2CCC(/C=C/C#Cc3ccc(OC(F)(F)F)cc3)CC2)CC1. The van der Waals surface area contributed by atoms with Crippen molar-refractivity contribution in [2.75, 3.05) is 0 Å². The smallest absolute Gasteiger partial charge is 0.406 e. The molecule has 176 valence electrons. The second-order valence-corrected chi connectivity index (χ2v) is 9.73. The summed E-state index contributed by atoms with van der Waals surface area (Å²) < 4.78 is 40.5. The molecule has 0 spiro atoms. The molecule has 1 aromatic rings. The molecule has 1 nitrogen and oxygen atoms in total. The van der Waals surface area contributed by atoms with E-state index >= 15 is 0 Å². The van der Waals surface area contributed by atoms with Gasteiger partial charge in [0.1, 0.15) is 5.75 Å². The molecule has 2 fully saturated rings. The molecule has 4 heteroatoms. The van der Waals surface area contributed by atoms with Gasteiger partial charge in [0.05, 0.1) is 0 Å². The fourth-order valence-electron chi connectivity index (χ4n) is 5.41. The van der Waals surface area contributed by atoms with E-state index in [2.05, 4.69) is 29.6 Å². The van der Waals surface area contributed by atoms with Crippen LogP contribution < -0.4 is 4.74 Å². The second-order valence-electron chi connectivity index (χ2n) is 9.73. The van der Waals surface area contributed by atoms with Gasteiger partial charge in [-0.2, -0.15) is 0 Å². The molecule has 0 saturated heterocycles. The monoisotopic (exact) mass is 446 g/mol. The first kappa shape index (κ1) is 24.7. The van der Waals surface area contributed by atoms with Crippen LogP contribution in [0.1, 0.15) is 89.5 Å². The first-order chi connectivity index (χ1) is 15.4. The van der Waals surface area contributed by atoms with Crippen LogP contribution in [0, 0.1) is 35.5 Å². The summed E-state index contributed by atoms with van der Waals surface area (Å²) >= 11 is 0. The molecule has 0 N–H and O–H groups in total. The third kappa shape index (κ3) is 8.93. The summed E-state index contributed by atoms with van der Waals surface area (Å²) in [6, 6.07) is 5.67. The average molecular weight is 447 g/mol. The van der Waals surface area contributed by atoms with E-state index in [0.29, 0.717) is 11.5 Å². The molecular formula is C28H37F3O. The molecule has 2 aliphatic rings. The quantitative estimate of drug-likeness (QED) is 0.381. The fourth-order valence-corrected chi connectivity index (χ4v) is 5.41. The van der Waals surface area contributed by atoms with E-state index in [-0.39, 0.29) is 5.75 Å². The van der Waals surface area contributed by atoms with E-state index in [1.165, 1.54) is 89.2 Å². The lowest BCUT2D eigenvalue weighted by molar-refractivity contribution is -0.274. The maximum atomic E-state index is 12.2. The number of alkyl halides is 3. The maximum Gasteiger partial charge on any atom is 0.573 e. The van der Waals surface area contributed by atoms with Gasteiger partial charge in [-0.3, -0.25) is 0 Å². The van der Waals surface area contributed by atoms with Crippen LogP contribution in [-0.2, 0) is 0 Å². The van der Waals surface area contributed by atoms with Crippen LogP contribution in [-0.4, -0.2) is 6.36 Å². The van der Waals surface area contributed by atoms with Crippen LogP contribution in [0.4, 0.5) is 13.2 Å². The Morgan fingerprint density at radius 1 is 0.844 bits per heavy atom. The van der Waals surface area contributed by atoms with Crippen LogP contribution in [0.3, 0.4) is 0 Å². The van der Waals surface area contributed by atoms with Crippen LogP contribution in [0.15, 0.2) is 36.4 Å².